The molecule has 56 valence electrons. The summed E-state index contributed by atoms with van der Waals surface area (Å²) < 4.78 is 3.31. The van der Waals surface area contributed by atoms with E-state index in [2.05, 4.69) is 0 Å². The Bertz CT molecular complexity index is 210. The fourth-order valence-electron chi connectivity index (χ4n) is 0.966. The van der Waals surface area contributed by atoms with Gasteiger partial charge in [0.2, 0.25) is 0 Å². The van der Waals surface area contributed by atoms with Crippen LogP contribution in [0.25, 0.3) is 0 Å². The van der Waals surface area contributed by atoms with E-state index < -0.39 is 6.29 Å². The Morgan fingerprint density at radius 3 is 2.40 bits per heavy atom. The first-order valence-corrected chi connectivity index (χ1v) is 3.00. The molecule has 1 heterocycles. The van der Waals surface area contributed by atoms with Gasteiger partial charge in [-0.15, -0.1) is 0 Å². The molecule has 0 saturated carbocycles. The third-order valence-electron chi connectivity index (χ3n) is 1.47. The van der Waals surface area contributed by atoms with E-state index in [9.17, 15) is 0 Å². The molecule has 1 aromatic heterocycles. The summed E-state index contributed by atoms with van der Waals surface area (Å²) >= 11 is 0. The van der Waals surface area contributed by atoms with Gasteiger partial charge >= 0.3 is 5.82 Å². The molecule has 0 aromatic carbocycles. The highest BCUT2D eigenvalue weighted by Gasteiger charge is 2.18. The molecular formula is C6H11N2O2+. The van der Waals surface area contributed by atoms with Gasteiger partial charge in [-0.3, -0.25) is 0 Å². The van der Waals surface area contributed by atoms with E-state index in [1.165, 1.54) is 0 Å². The molecule has 4 nitrogen and oxygen atoms in total. The van der Waals surface area contributed by atoms with Crippen LogP contribution in [0.15, 0.2) is 12.4 Å². The molecule has 0 fully saturated rings. The van der Waals surface area contributed by atoms with Crippen LogP contribution in [-0.2, 0) is 14.1 Å². The van der Waals surface area contributed by atoms with Gasteiger partial charge in [0, 0.05) is 0 Å². The highest BCUT2D eigenvalue weighted by Crippen LogP contribution is 2.01. The van der Waals surface area contributed by atoms with Gasteiger partial charge in [-0.05, 0) is 0 Å². The van der Waals surface area contributed by atoms with E-state index in [4.69, 9.17) is 10.2 Å². The summed E-state index contributed by atoms with van der Waals surface area (Å²) in [6.07, 6.45) is 2.12. The number of hydrogen-bond acceptors (Lipinski definition) is 2. The molecule has 1 aromatic rings. The molecule has 0 saturated heterocycles. The zero-order chi connectivity index (χ0) is 7.72. The van der Waals surface area contributed by atoms with Gasteiger partial charge < -0.3 is 10.2 Å². The van der Waals surface area contributed by atoms with E-state index in [0.29, 0.717) is 5.82 Å². The third-order valence-corrected chi connectivity index (χ3v) is 1.47. The number of rotatable bonds is 1. The summed E-state index contributed by atoms with van der Waals surface area (Å²) in [5.74, 6) is 0.472. The van der Waals surface area contributed by atoms with Crippen molar-refractivity contribution in [3.8, 4) is 0 Å². The van der Waals surface area contributed by atoms with Crippen molar-refractivity contribution in [2.75, 3.05) is 0 Å². The predicted octanol–water partition coefficient (Wildman–Crippen LogP) is -1.17. The average molecular weight is 143 g/mol. The zero-order valence-electron chi connectivity index (χ0n) is 6.02. The van der Waals surface area contributed by atoms with Crippen molar-refractivity contribution in [1.82, 2.24) is 4.57 Å². The minimum absolute atomic E-state index is 0.472. The Labute approximate surface area is 59.0 Å². The number of aromatic nitrogens is 2. The second kappa shape index (κ2) is 2.40. The van der Waals surface area contributed by atoms with E-state index in [1.807, 2.05) is 0 Å². The summed E-state index contributed by atoms with van der Waals surface area (Å²) in [5.41, 5.74) is 0. The number of aliphatic hydroxyl groups excluding tert-OH is 1. The van der Waals surface area contributed by atoms with Crippen LogP contribution in [-0.4, -0.2) is 14.8 Å². The van der Waals surface area contributed by atoms with Crippen LogP contribution < -0.4 is 4.57 Å². The molecule has 1 rings (SSSR count). The zero-order valence-corrected chi connectivity index (χ0v) is 6.02. The van der Waals surface area contributed by atoms with Crippen molar-refractivity contribution in [2.24, 2.45) is 14.1 Å². The van der Waals surface area contributed by atoms with Gasteiger partial charge in [-0.1, -0.05) is 0 Å². The second-order valence-corrected chi connectivity index (χ2v) is 2.25. The standard InChI is InChI=1S/C6H11N2O2/c1-7-3-4-8(2)5(7)6(9)10/h3-4,6,9-10H,1-2H3/q+1. The van der Waals surface area contributed by atoms with Crippen LogP contribution in [0.4, 0.5) is 0 Å². The molecule has 0 aliphatic heterocycles. The second-order valence-electron chi connectivity index (χ2n) is 2.25. The minimum atomic E-state index is -1.40. The molecule has 10 heavy (non-hydrogen) atoms. The summed E-state index contributed by atoms with van der Waals surface area (Å²) in [6.45, 7) is 0. The molecule has 0 unspecified atom stereocenters. The fraction of sp³-hybridized carbons (Fsp3) is 0.500. The van der Waals surface area contributed by atoms with Crippen LogP contribution in [0.5, 0.6) is 0 Å². The van der Waals surface area contributed by atoms with Gasteiger partial charge in [-0.25, -0.2) is 9.13 Å². The van der Waals surface area contributed by atoms with Crippen molar-refractivity contribution in [3.63, 3.8) is 0 Å². The van der Waals surface area contributed by atoms with Gasteiger partial charge in [0.25, 0.3) is 6.29 Å². The van der Waals surface area contributed by atoms with Gasteiger partial charge in [-0.2, -0.15) is 0 Å². The first kappa shape index (κ1) is 7.24. The molecule has 0 spiro atoms. The fourth-order valence-corrected chi connectivity index (χ4v) is 0.966. The third kappa shape index (κ3) is 1.03. The Hall–Kier alpha value is -0.870. The largest absolute Gasteiger partial charge is 0.359 e. The molecule has 0 radical (unpaired) electrons. The maximum Gasteiger partial charge on any atom is 0.313 e. The molecule has 0 amide bonds. The molecule has 0 aliphatic rings. The monoisotopic (exact) mass is 143 g/mol. The van der Waals surface area contributed by atoms with E-state index in [1.54, 1.807) is 35.6 Å². The summed E-state index contributed by atoms with van der Waals surface area (Å²) in [5, 5.41) is 17.6. The van der Waals surface area contributed by atoms with Crippen molar-refractivity contribution in [3.05, 3.63) is 18.2 Å². The van der Waals surface area contributed by atoms with E-state index >= 15 is 0 Å². The normalized spacial score (nSPS) is 10.9. The van der Waals surface area contributed by atoms with Crippen molar-refractivity contribution in [1.29, 1.82) is 0 Å². The van der Waals surface area contributed by atoms with Crippen LogP contribution >= 0.6 is 0 Å². The molecule has 0 bridgehead atoms. The molecule has 0 aliphatic carbocycles. The lowest BCUT2D eigenvalue weighted by atomic mass is 10.6. The quantitative estimate of drug-likeness (QED) is 0.384. The lowest BCUT2D eigenvalue weighted by molar-refractivity contribution is -0.685. The highest BCUT2D eigenvalue weighted by molar-refractivity contribution is 4.81. The highest BCUT2D eigenvalue weighted by atomic mass is 16.5. The number of aliphatic hydroxyl groups is 2. The van der Waals surface area contributed by atoms with Crippen LogP contribution in [0.1, 0.15) is 12.1 Å². The Morgan fingerprint density at radius 1 is 1.60 bits per heavy atom. The van der Waals surface area contributed by atoms with Crippen molar-refractivity contribution < 1.29 is 14.8 Å². The first-order valence-electron chi connectivity index (χ1n) is 3.00. The Kier molecular flexibility index (Phi) is 1.74. The summed E-state index contributed by atoms with van der Waals surface area (Å²) in [7, 11) is 3.52. The predicted molar refractivity (Wildman–Crippen MR) is 33.8 cm³/mol. The first-order chi connectivity index (χ1) is 4.63. The van der Waals surface area contributed by atoms with Gasteiger partial charge in [0.1, 0.15) is 12.4 Å². The maximum absolute atomic E-state index is 8.79. The molecular weight excluding hydrogens is 132 g/mol. The maximum atomic E-state index is 8.79. The molecule has 0 atom stereocenters. The number of nitrogens with zero attached hydrogens (tertiary/aromatic N) is 2. The van der Waals surface area contributed by atoms with Gasteiger partial charge in [0.05, 0.1) is 14.1 Å². The average Bonchev–Trinajstić information content (AvgIpc) is 2.11. The summed E-state index contributed by atoms with van der Waals surface area (Å²) in [4.78, 5) is 0. The Balaban J connectivity index is 3.10. The number of hydrogen-bond donors (Lipinski definition) is 2. The molecule has 4 heteroatoms. The number of aryl methyl sites for hydroxylation is 2. The van der Waals surface area contributed by atoms with Crippen LogP contribution in [0.2, 0.25) is 0 Å². The molecule has 2 N–H and O–H groups in total. The van der Waals surface area contributed by atoms with Crippen LogP contribution in [0.3, 0.4) is 0 Å². The van der Waals surface area contributed by atoms with Gasteiger partial charge in [0.15, 0.2) is 0 Å². The van der Waals surface area contributed by atoms with E-state index in [-0.39, 0.29) is 0 Å². The smallest absolute Gasteiger partial charge is 0.313 e. The lowest BCUT2D eigenvalue weighted by Crippen LogP contribution is -2.33. The topological polar surface area (TPSA) is 49.3 Å². The minimum Gasteiger partial charge on any atom is -0.359 e. The van der Waals surface area contributed by atoms with Crippen molar-refractivity contribution in [2.45, 2.75) is 6.29 Å². The van der Waals surface area contributed by atoms with Crippen molar-refractivity contribution >= 4 is 0 Å². The number of imidazole rings is 1. The summed E-state index contributed by atoms with van der Waals surface area (Å²) in [6, 6.07) is 0. The Morgan fingerprint density at radius 2 is 2.20 bits per heavy atom. The van der Waals surface area contributed by atoms with Crippen LogP contribution in [0, 0.1) is 0 Å². The lowest BCUT2D eigenvalue weighted by Gasteiger charge is -1.98. The SMILES string of the molecule is Cn1cc[n+](C)c1C(O)O. The van der Waals surface area contributed by atoms with E-state index in [0.717, 1.165) is 0 Å².